The second-order valence-electron chi connectivity index (χ2n) is 6.68. The average molecular weight is 234 g/mol. The predicted octanol–water partition coefficient (Wildman–Crippen LogP) is 3.32. The van der Waals surface area contributed by atoms with E-state index in [1.165, 1.54) is 19.3 Å². The fourth-order valence-electron chi connectivity index (χ4n) is 4.53. The van der Waals surface area contributed by atoms with Gasteiger partial charge in [0.25, 0.3) is 0 Å². The van der Waals surface area contributed by atoms with Crippen LogP contribution in [0.2, 0.25) is 0 Å². The molecule has 0 aromatic heterocycles. The van der Waals surface area contributed by atoms with E-state index < -0.39 is 0 Å². The molecule has 1 spiro atoms. The highest BCUT2D eigenvalue weighted by molar-refractivity contribution is 5.84. The molecule has 1 saturated heterocycles. The Bertz CT molecular complexity index is 368. The minimum atomic E-state index is -0.321. The topological polar surface area (TPSA) is 26.3 Å². The first-order valence-corrected chi connectivity index (χ1v) is 6.84. The van der Waals surface area contributed by atoms with Gasteiger partial charge < -0.3 is 4.74 Å². The van der Waals surface area contributed by atoms with Crippen LogP contribution in [-0.4, -0.2) is 12.6 Å². The Morgan fingerprint density at radius 1 is 1.41 bits per heavy atom. The maximum atomic E-state index is 12.1. The molecule has 3 rings (SSSR count). The lowest BCUT2D eigenvalue weighted by molar-refractivity contribution is -0.146. The fourth-order valence-corrected chi connectivity index (χ4v) is 4.53. The third kappa shape index (κ3) is 1.30. The van der Waals surface area contributed by atoms with Gasteiger partial charge >= 0.3 is 5.97 Å². The molecule has 0 aromatic rings. The van der Waals surface area contributed by atoms with Crippen molar-refractivity contribution in [1.29, 1.82) is 0 Å². The Morgan fingerprint density at radius 3 is 2.76 bits per heavy atom. The van der Waals surface area contributed by atoms with Crippen LogP contribution in [0.3, 0.4) is 0 Å². The number of carbonyl (C=O) groups excluding carboxylic acids is 1. The Balaban J connectivity index is 1.98. The lowest BCUT2D eigenvalue weighted by Gasteiger charge is -2.42. The van der Waals surface area contributed by atoms with E-state index in [2.05, 4.69) is 20.4 Å². The van der Waals surface area contributed by atoms with Crippen molar-refractivity contribution >= 4 is 5.97 Å². The first-order valence-electron chi connectivity index (χ1n) is 6.84. The fraction of sp³-hybridized carbons (Fsp3) is 0.800. The van der Waals surface area contributed by atoms with Gasteiger partial charge in [-0.3, -0.25) is 4.79 Å². The first-order chi connectivity index (χ1) is 7.99. The molecule has 0 aromatic carbocycles. The molecule has 0 radical (unpaired) electrons. The molecule has 0 N–H and O–H groups in total. The van der Waals surface area contributed by atoms with Crippen molar-refractivity contribution in [3.63, 3.8) is 0 Å². The first kappa shape index (κ1) is 11.3. The van der Waals surface area contributed by atoms with Crippen LogP contribution in [0, 0.1) is 22.7 Å². The van der Waals surface area contributed by atoms with Gasteiger partial charge in [0, 0.05) is 0 Å². The molecule has 2 saturated carbocycles. The molecule has 0 unspecified atom stereocenters. The number of cyclic esters (lactones) is 1. The van der Waals surface area contributed by atoms with E-state index >= 15 is 0 Å². The molecule has 1 aliphatic heterocycles. The molecule has 4 atom stereocenters. The lowest BCUT2D eigenvalue weighted by atomic mass is 9.63. The van der Waals surface area contributed by atoms with Crippen LogP contribution in [0.5, 0.6) is 0 Å². The summed E-state index contributed by atoms with van der Waals surface area (Å²) in [6.45, 7) is 9.30. The van der Waals surface area contributed by atoms with Gasteiger partial charge in [0.05, 0.1) is 5.41 Å². The molecule has 0 amide bonds. The molecule has 3 fully saturated rings. The molecule has 2 nitrogen and oxygen atoms in total. The van der Waals surface area contributed by atoms with Crippen LogP contribution < -0.4 is 0 Å². The van der Waals surface area contributed by atoms with Crippen LogP contribution in [0.1, 0.15) is 46.0 Å². The maximum absolute atomic E-state index is 12.1. The van der Waals surface area contributed by atoms with E-state index in [0.717, 1.165) is 24.3 Å². The second kappa shape index (κ2) is 3.37. The number of hydrogen-bond acceptors (Lipinski definition) is 2. The SMILES string of the molecule is C=C1COC(=O)[C@]12C[C@H]1CCC[C@H](C)[C@@]1(C)C2. The summed E-state index contributed by atoms with van der Waals surface area (Å²) >= 11 is 0. The summed E-state index contributed by atoms with van der Waals surface area (Å²) in [5.74, 6) is 1.42. The maximum Gasteiger partial charge on any atom is 0.316 e. The molecular weight excluding hydrogens is 212 g/mol. The van der Waals surface area contributed by atoms with Crippen LogP contribution in [0.15, 0.2) is 12.2 Å². The summed E-state index contributed by atoms with van der Waals surface area (Å²) in [4.78, 5) is 12.1. The summed E-state index contributed by atoms with van der Waals surface area (Å²) in [5, 5.41) is 0. The van der Waals surface area contributed by atoms with Gasteiger partial charge in [-0.25, -0.2) is 0 Å². The number of rotatable bonds is 0. The van der Waals surface area contributed by atoms with Crippen molar-refractivity contribution in [2.45, 2.75) is 46.0 Å². The van der Waals surface area contributed by atoms with E-state index in [1.807, 2.05) is 0 Å². The van der Waals surface area contributed by atoms with Crippen LogP contribution in [0.25, 0.3) is 0 Å². The largest absolute Gasteiger partial charge is 0.460 e. The predicted molar refractivity (Wildman–Crippen MR) is 66.4 cm³/mol. The Hall–Kier alpha value is -0.790. The van der Waals surface area contributed by atoms with Crippen LogP contribution >= 0.6 is 0 Å². The van der Waals surface area contributed by atoms with E-state index in [9.17, 15) is 4.79 Å². The van der Waals surface area contributed by atoms with Gasteiger partial charge in [-0.1, -0.05) is 33.3 Å². The minimum Gasteiger partial charge on any atom is -0.460 e. The number of esters is 1. The zero-order valence-corrected chi connectivity index (χ0v) is 10.9. The summed E-state index contributed by atoms with van der Waals surface area (Å²) in [5.41, 5.74) is 1.04. The van der Waals surface area contributed by atoms with E-state index in [1.54, 1.807) is 0 Å². The van der Waals surface area contributed by atoms with Crippen molar-refractivity contribution in [3.05, 3.63) is 12.2 Å². The van der Waals surface area contributed by atoms with Gasteiger partial charge in [0.15, 0.2) is 0 Å². The number of hydrogen-bond donors (Lipinski definition) is 0. The normalized spacial score (nSPS) is 49.5. The number of fused-ring (bicyclic) bond motifs is 1. The third-order valence-corrected chi connectivity index (χ3v) is 5.97. The van der Waals surface area contributed by atoms with E-state index in [0.29, 0.717) is 17.9 Å². The van der Waals surface area contributed by atoms with E-state index in [-0.39, 0.29) is 11.4 Å². The molecule has 3 aliphatic rings. The summed E-state index contributed by atoms with van der Waals surface area (Å²) in [6.07, 6.45) is 5.88. The molecular formula is C15H22O2. The average Bonchev–Trinajstić information content (AvgIpc) is 2.74. The minimum absolute atomic E-state index is 0.00493. The van der Waals surface area contributed by atoms with Crippen molar-refractivity contribution in [2.75, 3.05) is 6.61 Å². The van der Waals surface area contributed by atoms with Crippen molar-refractivity contribution in [2.24, 2.45) is 22.7 Å². The van der Waals surface area contributed by atoms with Gasteiger partial charge in [0.1, 0.15) is 6.61 Å². The van der Waals surface area contributed by atoms with Gasteiger partial charge in [-0.05, 0) is 42.1 Å². The molecule has 0 bridgehead atoms. The van der Waals surface area contributed by atoms with Gasteiger partial charge in [0.2, 0.25) is 0 Å². The van der Waals surface area contributed by atoms with Gasteiger partial charge in [-0.15, -0.1) is 0 Å². The Kier molecular flexibility index (Phi) is 2.24. The van der Waals surface area contributed by atoms with Crippen molar-refractivity contribution in [3.8, 4) is 0 Å². The Morgan fingerprint density at radius 2 is 2.18 bits per heavy atom. The zero-order chi connectivity index (χ0) is 12.3. The van der Waals surface area contributed by atoms with Crippen LogP contribution in [-0.2, 0) is 9.53 Å². The summed E-state index contributed by atoms with van der Waals surface area (Å²) in [7, 11) is 0. The third-order valence-electron chi connectivity index (χ3n) is 5.97. The highest BCUT2D eigenvalue weighted by Gasteiger charge is 2.61. The molecule has 1 heterocycles. The summed E-state index contributed by atoms with van der Waals surface area (Å²) < 4.78 is 5.25. The van der Waals surface area contributed by atoms with Gasteiger partial charge in [-0.2, -0.15) is 0 Å². The molecule has 2 heteroatoms. The zero-order valence-electron chi connectivity index (χ0n) is 10.9. The lowest BCUT2D eigenvalue weighted by Crippen LogP contribution is -2.34. The molecule has 2 aliphatic carbocycles. The number of ether oxygens (including phenoxy) is 1. The van der Waals surface area contributed by atoms with E-state index in [4.69, 9.17) is 4.74 Å². The Labute approximate surface area is 103 Å². The van der Waals surface area contributed by atoms with Crippen molar-refractivity contribution in [1.82, 2.24) is 0 Å². The standard InChI is InChI=1S/C15H22O2/c1-10-5-4-6-12-7-15(9-14(10,12)3)11(2)8-17-13(15)16/h10,12H,2,4-9H2,1,3H3/t10-,12+,14+,15-/m0/s1. The molecule has 94 valence electrons. The number of carbonyl (C=O) groups is 1. The highest BCUT2D eigenvalue weighted by atomic mass is 16.5. The van der Waals surface area contributed by atoms with Crippen molar-refractivity contribution < 1.29 is 9.53 Å². The smallest absolute Gasteiger partial charge is 0.316 e. The second-order valence-corrected chi connectivity index (χ2v) is 6.68. The molecule has 17 heavy (non-hydrogen) atoms. The quantitative estimate of drug-likeness (QED) is 0.475. The van der Waals surface area contributed by atoms with Crippen LogP contribution in [0.4, 0.5) is 0 Å². The monoisotopic (exact) mass is 234 g/mol. The highest BCUT2D eigenvalue weighted by Crippen LogP contribution is 2.64. The summed E-state index contributed by atoms with van der Waals surface area (Å²) in [6, 6.07) is 0.